The summed E-state index contributed by atoms with van der Waals surface area (Å²) in [7, 11) is -8.54. The van der Waals surface area contributed by atoms with Crippen LogP contribution in [0.1, 0.15) is 11.1 Å². The van der Waals surface area contributed by atoms with E-state index >= 15 is 9.13 Å². The molecule has 0 saturated heterocycles. The summed E-state index contributed by atoms with van der Waals surface area (Å²) in [4.78, 5) is -1.82. The van der Waals surface area contributed by atoms with Crippen LogP contribution in [-0.2, 0) is 14.0 Å². The number of benzene rings is 6. The van der Waals surface area contributed by atoms with Gasteiger partial charge in [0.1, 0.15) is 11.5 Å². The lowest BCUT2D eigenvalue weighted by molar-refractivity contribution is 0.449. The minimum absolute atomic E-state index is 0.459. The van der Waals surface area contributed by atoms with Crippen LogP contribution in [0, 0.1) is 0 Å². The Balaban J connectivity index is 1.58. The van der Waals surface area contributed by atoms with Gasteiger partial charge >= 0.3 is 14.7 Å². The van der Waals surface area contributed by atoms with Gasteiger partial charge < -0.3 is 9.05 Å². The van der Waals surface area contributed by atoms with Crippen LogP contribution in [0.4, 0.5) is 0 Å². The van der Waals surface area contributed by atoms with Crippen LogP contribution in [0.15, 0.2) is 152 Å². The lowest BCUT2D eigenvalue weighted by Gasteiger charge is -2.48. The van der Waals surface area contributed by atoms with Crippen molar-refractivity contribution in [1.82, 2.24) is 0 Å². The van der Waals surface area contributed by atoms with Crippen LogP contribution in [0.2, 0.25) is 5.02 Å². The van der Waals surface area contributed by atoms with Gasteiger partial charge in [0.25, 0.3) is 0 Å². The van der Waals surface area contributed by atoms with E-state index in [9.17, 15) is 0 Å². The summed E-state index contributed by atoms with van der Waals surface area (Å²) < 4.78 is 47.0. The average Bonchev–Trinajstić information content (AvgIpc) is 3.07. The maximum absolute atomic E-state index is 16.6. The molecule has 0 radical (unpaired) electrons. The lowest BCUT2D eigenvalue weighted by atomic mass is 10.0. The number of fused-ring (bicyclic) bond motifs is 6. The van der Waals surface area contributed by atoms with Crippen molar-refractivity contribution in [3.05, 3.63) is 168 Å². The number of para-hydroxylation sites is 2. The molecule has 0 amide bonds. The molecule has 0 aromatic heterocycles. The largest absolute Gasteiger partial charge is 0.438 e. The quantitative estimate of drug-likeness (QED) is 0.182. The van der Waals surface area contributed by atoms with Crippen molar-refractivity contribution in [2.45, 2.75) is 4.90 Å². The fourth-order valence-electron chi connectivity index (χ4n) is 6.68. The highest BCUT2D eigenvalue weighted by molar-refractivity contribution is 7.86. The molecular weight excluding hydrogens is 606 g/mol. The van der Waals surface area contributed by atoms with Crippen LogP contribution >= 0.6 is 26.3 Å². The highest BCUT2D eigenvalue weighted by Gasteiger charge is 2.70. The summed E-state index contributed by atoms with van der Waals surface area (Å²) in [6.45, 7) is 0. The zero-order valence-electron chi connectivity index (χ0n) is 23.3. The van der Waals surface area contributed by atoms with Crippen molar-refractivity contribution in [2.24, 2.45) is 0 Å². The van der Waals surface area contributed by atoms with E-state index in [0.717, 1.165) is 22.3 Å². The highest BCUT2D eigenvalue weighted by atomic mass is 35.5. The smallest absolute Gasteiger partial charge is 0.303 e. The normalized spacial score (nSPS) is 20.8. The average molecular weight is 631 g/mol. The van der Waals surface area contributed by atoms with Gasteiger partial charge in [0.05, 0.1) is 10.6 Å². The van der Waals surface area contributed by atoms with E-state index < -0.39 is 19.6 Å². The first-order valence-corrected chi connectivity index (χ1v) is 17.9. The molecule has 2 atom stereocenters. The predicted molar refractivity (Wildman–Crippen MR) is 178 cm³/mol. The van der Waals surface area contributed by atoms with Gasteiger partial charge in [-0.2, -0.15) is 0 Å². The Morgan fingerprint density at radius 2 is 0.818 bits per heavy atom. The molecule has 7 heteroatoms. The molecule has 0 saturated carbocycles. The highest BCUT2D eigenvalue weighted by Crippen LogP contribution is 2.84. The van der Waals surface area contributed by atoms with Crippen molar-refractivity contribution < 1.29 is 18.2 Å². The van der Waals surface area contributed by atoms with E-state index in [2.05, 4.69) is 0 Å². The van der Waals surface area contributed by atoms with Gasteiger partial charge in [0.15, 0.2) is 0 Å². The second-order valence-corrected chi connectivity index (χ2v) is 16.5. The SMILES string of the molecule is O=P1(C(c2ccccc2)(c2ccc(Cl)cc2)P2(=O)Oc3ccccc3-c3ccccc32)Oc2ccccc2-c2ccccc21. The summed E-state index contributed by atoms with van der Waals surface area (Å²) in [6, 6.07) is 46.6. The van der Waals surface area contributed by atoms with Crippen LogP contribution in [0.3, 0.4) is 0 Å². The summed E-state index contributed by atoms with van der Waals surface area (Å²) in [5.74, 6) is 0.919. The van der Waals surface area contributed by atoms with E-state index in [-0.39, 0.29) is 0 Å². The van der Waals surface area contributed by atoms with E-state index in [0.29, 0.717) is 38.3 Å². The fourth-order valence-corrected chi connectivity index (χ4v) is 14.7. The third-order valence-corrected chi connectivity index (χ3v) is 16.1. The Kier molecular flexibility index (Phi) is 6.26. The second kappa shape index (κ2) is 10.1. The van der Waals surface area contributed by atoms with Gasteiger partial charge in [-0.15, -0.1) is 0 Å². The molecular formula is C37H25ClO4P2. The van der Waals surface area contributed by atoms with Crippen LogP contribution in [-0.4, -0.2) is 0 Å². The molecule has 0 fully saturated rings. The Hall–Kier alpha value is -4.33. The molecule has 8 rings (SSSR count). The maximum atomic E-state index is 16.6. The van der Waals surface area contributed by atoms with Crippen molar-refractivity contribution in [3.63, 3.8) is 0 Å². The van der Waals surface area contributed by atoms with Gasteiger partial charge in [-0.3, -0.25) is 9.13 Å². The van der Waals surface area contributed by atoms with Crippen molar-refractivity contribution in [3.8, 4) is 33.8 Å². The van der Waals surface area contributed by atoms with Gasteiger partial charge in [0, 0.05) is 16.1 Å². The molecule has 0 N–H and O–H groups in total. The number of hydrogen-bond donors (Lipinski definition) is 0. The topological polar surface area (TPSA) is 52.6 Å². The Morgan fingerprint density at radius 1 is 0.432 bits per heavy atom. The maximum Gasteiger partial charge on any atom is 0.303 e. The molecule has 4 nitrogen and oxygen atoms in total. The number of halogens is 1. The second-order valence-electron chi connectivity index (χ2n) is 10.9. The number of hydrogen-bond acceptors (Lipinski definition) is 4. The van der Waals surface area contributed by atoms with E-state index in [4.69, 9.17) is 20.6 Å². The predicted octanol–water partition coefficient (Wildman–Crippen LogP) is 9.87. The van der Waals surface area contributed by atoms with Crippen LogP contribution in [0.25, 0.3) is 22.3 Å². The molecule has 2 aliphatic heterocycles. The molecule has 0 aliphatic carbocycles. The Morgan fingerprint density at radius 3 is 1.32 bits per heavy atom. The summed E-state index contributed by atoms with van der Waals surface area (Å²) in [6.07, 6.45) is 0. The van der Waals surface area contributed by atoms with Crippen LogP contribution in [0.5, 0.6) is 11.5 Å². The summed E-state index contributed by atoms with van der Waals surface area (Å²) in [5.41, 5.74) is 4.25. The van der Waals surface area contributed by atoms with Crippen molar-refractivity contribution in [1.29, 1.82) is 0 Å². The molecule has 2 unspecified atom stereocenters. The van der Waals surface area contributed by atoms with Gasteiger partial charge in [-0.05, 0) is 58.7 Å². The lowest BCUT2D eigenvalue weighted by Crippen LogP contribution is -2.42. The molecule has 2 aliphatic rings. The molecule has 2 heterocycles. The van der Waals surface area contributed by atoms with E-state index in [1.165, 1.54) is 0 Å². The third kappa shape index (κ3) is 3.66. The first-order chi connectivity index (χ1) is 21.5. The van der Waals surface area contributed by atoms with Crippen molar-refractivity contribution in [2.75, 3.05) is 0 Å². The molecule has 6 aromatic rings. The first kappa shape index (κ1) is 27.2. The minimum Gasteiger partial charge on any atom is -0.438 e. The number of rotatable bonds is 4. The Labute approximate surface area is 260 Å². The standard InChI is InChI=1S/C37H25ClO4P2/c38-28-24-22-27(23-25-28)37(26-12-2-1-3-13-26,43(39)35-20-10-6-16-31(35)29-14-4-8-18-33(29)41-43)44(40)36-21-11-7-17-32(36)30-15-5-9-19-34(30)42-44/h1-25H. The van der Waals surface area contributed by atoms with Gasteiger partial charge in [-0.25, -0.2) is 0 Å². The molecule has 6 aromatic carbocycles. The first-order valence-electron chi connectivity index (χ1n) is 14.3. The van der Waals surface area contributed by atoms with Gasteiger partial charge in [-0.1, -0.05) is 127 Å². The Bertz CT molecular complexity index is 2050. The molecule has 44 heavy (non-hydrogen) atoms. The van der Waals surface area contributed by atoms with Crippen molar-refractivity contribution >= 4 is 36.9 Å². The zero-order chi connectivity index (χ0) is 29.9. The minimum atomic E-state index is -4.27. The molecule has 0 spiro atoms. The van der Waals surface area contributed by atoms with E-state index in [1.54, 1.807) is 24.3 Å². The van der Waals surface area contributed by atoms with Crippen LogP contribution < -0.4 is 19.7 Å². The third-order valence-electron chi connectivity index (χ3n) is 8.53. The van der Waals surface area contributed by atoms with E-state index in [1.807, 2.05) is 127 Å². The molecule has 214 valence electrons. The monoisotopic (exact) mass is 630 g/mol. The summed E-state index contributed by atoms with van der Waals surface area (Å²) >= 11 is 6.44. The molecule has 0 bridgehead atoms. The summed E-state index contributed by atoms with van der Waals surface area (Å²) in [5, 5.41) is 1.46. The zero-order valence-corrected chi connectivity index (χ0v) is 25.9. The van der Waals surface area contributed by atoms with Gasteiger partial charge in [0.2, 0.25) is 4.90 Å². The fraction of sp³-hybridized carbons (Fsp3) is 0.0270.